The standard InChI is InChI=1S/C19H17ClN2OS/c1-3-14-6-4-5-7-16(14)21-19-22(2)18(23)17(24-19)12-13-8-10-15(20)11-9-13/h4-12H,3H2,1-2H3/b17-12+,21-19?. The largest absolute Gasteiger partial charge is 0.290 e. The predicted molar refractivity (Wildman–Crippen MR) is 103 cm³/mol. The first-order valence-electron chi connectivity index (χ1n) is 7.68. The minimum Gasteiger partial charge on any atom is -0.290 e. The van der Waals surface area contributed by atoms with Crippen LogP contribution in [0.2, 0.25) is 5.02 Å². The van der Waals surface area contributed by atoms with Crippen molar-refractivity contribution in [2.75, 3.05) is 7.05 Å². The van der Waals surface area contributed by atoms with E-state index in [0.29, 0.717) is 15.1 Å². The van der Waals surface area contributed by atoms with Gasteiger partial charge < -0.3 is 0 Å². The van der Waals surface area contributed by atoms with Crippen LogP contribution in [-0.2, 0) is 11.2 Å². The van der Waals surface area contributed by atoms with Gasteiger partial charge in [0.05, 0.1) is 10.6 Å². The average Bonchev–Trinajstić information content (AvgIpc) is 2.85. The fraction of sp³-hybridized carbons (Fsp3) is 0.158. The van der Waals surface area contributed by atoms with Crippen LogP contribution in [0.3, 0.4) is 0 Å². The van der Waals surface area contributed by atoms with E-state index in [-0.39, 0.29) is 5.91 Å². The number of aryl methyl sites for hydroxylation is 1. The number of amidine groups is 1. The second-order valence-electron chi connectivity index (χ2n) is 5.40. The van der Waals surface area contributed by atoms with Crippen LogP contribution < -0.4 is 0 Å². The Morgan fingerprint density at radius 1 is 1.17 bits per heavy atom. The fourth-order valence-corrected chi connectivity index (χ4v) is 3.49. The molecule has 0 spiro atoms. The molecule has 0 aliphatic carbocycles. The minimum atomic E-state index is -0.0392. The smallest absolute Gasteiger partial charge is 0.266 e. The van der Waals surface area contributed by atoms with Gasteiger partial charge in [-0.3, -0.25) is 9.69 Å². The maximum atomic E-state index is 12.5. The van der Waals surface area contributed by atoms with Gasteiger partial charge in [-0.2, -0.15) is 0 Å². The van der Waals surface area contributed by atoms with E-state index in [1.54, 1.807) is 11.9 Å². The zero-order chi connectivity index (χ0) is 17.1. The van der Waals surface area contributed by atoms with Crippen molar-refractivity contribution in [2.45, 2.75) is 13.3 Å². The van der Waals surface area contributed by atoms with Crippen LogP contribution in [0.15, 0.2) is 58.4 Å². The molecule has 122 valence electrons. The number of likely N-dealkylation sites (N-methyl/N-ethyl adjacent to an activating group) is 1. The van der Waals surface area contributed by atoms with Gasteiger partial charge in [0.2, 0.25) is 0 Å². The van der Waals surface area contributed by atoms with Gasteiger partial charge in [-0.1, -0.05) is 48.9 Å². The number of halogens is 1. The molecule has 0 unspecified atom stereocenters. The van der Waals surface area contributed by atoms with Gasteiger partial charge in [0.1, 0.15) is 0 Å². The summed E-state index contributed by atoms with van der Waals surface area (Å²) >= 11 is 7.30. The molecule has 2 aromatic carbocycles. The molecular weight excluding hydrogens is 340 g/mol. The van der Waals surface area contributed by atoms with E-state index in [0.717, 1.165) is 17.7 Å². The fourth-order valence-electron chi connectivity index (χ4n) is 2.38. The first-order chi connectivity index (χ1) is 11.6. The Balaban J connectivity index is 1.91. The number of hydrogen-bond donors (Lipinski definition) is 0. The van der Waals surface area contributed by atoms with E-state index in [4.69, 9.17) is 11.6 Å². The Kier molecular flexibility index (Phi) is 5.07. The highest BCUT2D eigenvalue weighted by Gasteiger charge is 2.30. The molecule has 0 saturated carbocycles. The molecule has 1 amide bonds. The van der Waals surface area contributed by atoms with Crippen molar-refractivity contribution >= 4 is 46.2 Å². The summed E-state index contributed by atoms with van der Waals surface area (Å²) in [5.74, 6) is -0.0392. The molecule has 2 aromatic rings. The van der Waals surface area contributed by atoms with Crippen LogP contribution in [-0.4, -0.2) is 23.0 Å². The molecule has 3 nitrogen and oxygen atoms in total. The lowest BCUT2D eigenvalue weighted by atomic mass is 10.1. The number of carbonyl (C=O) groups is 1. The predicted octanol–water partition coefficient (Wildman–Crippen LogP) is 5.14. The molecule has 1 aliphatic heterocycles. The highest BCUT2D eigenvalue weighted by molar-refractivity contribution is 8.18. The third-order valence-electron chi connectivity index (χ3n) is 3.76. The molecule has 1 aliphatic rings. The van der Waals surface area contributed by atoms with Crippen molar-refractivity contribution in [3.8, 4) is 0 Å². The second-order valence-corrected chi connectivity index (χ2v) is 6.85. The van der Waals surface area contributed by atoms with Crippen molar-refractivity contribution in [2.24, 2.45) is 4.99 Å². The summed E-state index contributed by atoms with van der Waals surface area (Å²) in [4.78, 5) is 19.4. The van der Waals surface area contributed by atoms with Crippen LogP contribution in [0.1, 0.15) is 18.1 Å². The summed E-state index contributed by atoms with van der Waals surface area (Å²) in [5, 5.41) is 1.37. The highest BCUT2D eigenvalue weighted by atomic mass is 35.5. The Bertz CT molecular complexity index is 828. The molecule has 1 fully saturated rings. The van der Waals surface area contributed by atoms with Crippen LogP contribution in [0, 0.1) is 0 Å². The lowest BCUT2D eigenvalue weighted by Crippen LogP contribution is -2.23. The molecule has 1 saturated heterocycles. The van der Waals surface area contributed by atoms with Gasteiger partial charge in [0.25, 0.3) is 5.91 Å². The molecule has 0 radical (unpaired) electrons. The Hall–Kier alpha value is -2.04. The van der Waals surface area contributed by atoms with E-state index >= 15 is 0 Å². The van der Waals surface area contributed by atoms with Crippen LogP contribution in [0.25, 0.3) is 6.08 Å². The Morgan fingerprint density at radius 3 is 2.58 bits per heavy atom. The van der Waals surface area contributed by atoms with E-state index in [9.17, 15) is 4.79 Å². The van der Waals surface area contributed by atoms with Crippen molar-refractivity contribution in [1.82, 2.24) is 4.90 Å². The summed E-state index contributed by atoms with van der Waals surface area (Å²) in [6.07, 6.45) is 2.77. The zero-order valence-corrected chi connectivity index (χ0v) is 15.1. The van der Waals surface area contributed by atoms with Crippen LogP contribution in [0.5, 0.6) is 0 Å². The summed E-state index contributed by atoms with van der Waals surface area (Å²) < 4.78 is 0. The number of aliphatic imine (C=N–C) groups is 1. The number of amides is 1. The molecule has 0 bridgehead atoms. The average molecular weight is 357 g/mol. The number of thioether (sulfide) groups is 1. The van der Waals surface area contributed by atoms with Crippen LogP contribution in [0.4, 0.5) is 5.69 Å². The maximum absolute atomic E-state index is 12.5. The van der Waals surface area contributed by atoms with Gasteiger partial charge in [-0.25, -0.2) is 4.99 Å². The van der Waals surface area contributed by atoms with Crippen LogP contribution >= 0.6 is 23.4 Å². The summed E-state index contributed by atoms with van der Waals surface area (Å²) in [5.41, 5.74) is 3.02. The van der Waals surface area contributed by atoms with Crippen molar-refractivity contribution < 1.29 is 4.79 Å². The lowest BCUT2D eigenvalue weighted by molar-refractivity contribution is -0.121. The van der Waals surface area contributed by atoms with Gasteiger partial charge in [0.15, 0.2) is 5.17 Å². The SMILES string of the molecule is CCc1ccccc1N=C1S/C(=C/c2ccc(Cl)cc2)C(=O)N1C. The number of rotatable bonds is 3. The Morgan fingerprint density at radius 2 is 1.88 bits per heavy atom. The molecule has 3 rings (SSSR count). The normalized spacial score (nSPS) is 18.0. The molecule has 0 aromatic heterocycles. The number of para-hydroxylation sites is 1. The quantitative estimate of drug-likeness (QED) is 0.713. The van der Waals surface area contributed by atoms with Gasteiger partial charge in [0, 0.05) is 12.1 Å². The molecule has 0 N–H and O–H groups in total. The van der Waals surface area contributed by atoms with E-state index in [2.05, 4.69) is 18.0 Å². The number of hydrogen-bond acceptors (Lipinski definition) is 3. The topological polar surface area (TPSA) is 32.7 Å². The monoisotopic (exact) mass is 356 g/mol. The molecule has 0 atom stereocenters. The molecule has 1 heterocycles. The minimum absolute atomic E-state index is 0.0392. The highest BCUT2D eigenvalue weighted by Crippen LogP contribution is 2.34. The van der Waals surface area contributed by atoms with Crippen molar-refractivity contribution in [1.29, 1.82) is 0 Å². The number of benzene rings is 2. The third kappa shape index (κ3) is 3.55. The van der Waals surface area contributed by atoms with E-state index in [1.807, 2.05) is 48.5 Å². The first kappa shape index (κ1) is 16.8. The lowest BCUT2D eigenvalue weighted by Gasteiger charge is -2.08. The molecule has 24 heavy (non-hydrogen) atoms. The van der Waals surface area contributed by atoms with Gasteiger partial charge in [-0.15, -0.1) is 0 Å². The summed E-state index contributed by atoms with van der Waals surface area (Å²) in [6.45, 7) is 2.10. The number of carbonyl (C=O) groups excluding carboxylic acids is 1. The first-order valence-corrected chi connectivity index (χ1v) is 8.87. The maximum Gasteiger partial charge on any atom is 0.266 e. The van der Waals surface area contributed by atoms with Gasteiger partial charge in [-0.05, 0) is 53.6 Å². The Labute approximate surface area is 151 Å². The number of nitrogens with zero attached hydrogens (tertiary/aromatic N) is 2. The molecular formula is C19H17ClN2OS. The van der Waals surface area contributed by atoms with Crippen molar-refractivity contribution in [3.63, 3.8) is 0 Å². The van der Waals surface area contributed by atoms with E-state index in [1.165, 1.54) is 17.3 Å². The molecule has 5 heteroatoms. The van der Waals surface area contributed by atoms with Gasteiger partial charge >= 0.3 is 0 Å². The zero-order valence-electron chi connectivity index (χ0n) is 13.5. The summed E-state index contributed by atoms with van der Waals surface area (Å²) in [7, 11) is 1.76. The van der Waals surface area contributed by atoms with E-state index < -0.39 is 0 Å². The third-order valence-corrected chi connectivity index (χ3v) is 5.07. The second kappa shape index (κ2) is 7.24. The summed E-state index contributed by atoms with van der Waals surface area (Å²) in [6, 6.07) is 15.4. The van der Waals surface area contributed by atoms with Crippen molar-refractivity contribution in [3.05, 3.63) is 69.6 Å².